The number of benzene rings is 12. The molecule has 0 spiro atoms. The normalized spacial score (nSPS) is 12.8. The fourth-order valence-corrected chi connectivity index (χ4v) is 14.6. The molecule has 16 rings (SSSR count). The van der Waals surface area contributed by atoms with Crippen LogP contribution in [0.3, 0.4) is 0 Å². The largest absolute Gasteiger partial charge is 0.309 e. The topological polar surface area (TPSA) is 43.6 Å². The summed E-state index contributed by atoms with van der Waals surface area (Å²) in [4.78, 5) is 16.9. The molecular weight excluding hydrogens is 1040 g/mol. The molecule has 0 radical (unpaired) electrons. The molecule has 0 fully saturated rings. The Morgan fingerprint density at radius 3 is 1.58 bits per heavy atom. The lowest BCUT2D eigenvalue weighted by Crippen LogP contribution is -2.14. The molecule has 0 aliphatic heterocycles. The Morgan fingerprint density at radius 2 is 0.893 bits per heavy atom. The third-order valence-electron chi connectivity index (χ3n) is 17.5. The molecule has 0 amide bonds. The minimum Gasteiger partial charge on any atom is -0.309 e. The Balaban J connectivity index is 0.786. The first-order chi connectivity index (χ1) is 41.3. The van der Waals surface area contributed by atoms with E-state index in [9.17, 15) is 0 Å². The van der Waals surface area contributed by atoms with Gasteiger partial charge in [-0.3, -0.25) is 0 Å². The average molecular weight is 1090 g/mol. The van der Waals surface area contributed by atoms with E-state index in [1.165, 1.54) is 119 Å². The highest BCUT2D eigenvalue weighted by atomic mass is 32.1. The average Bonchev–Trinajstić information content (AvgIpc) is 2.41. The molecule has 4 nitrogen and oxygen atoms in total. The molecule has 84 heavy (non-hydrogen) atoms. The molecule has 0 N–H and O–H groups in total. The number of thiophene rings is 1. The third kappa shape index (κ3) is 7.84. The lowest BCUT2D eigenvalue weighted by atomic mass is 9.82. The van der Waals surface area contributed by atoms with Gasteiger partial charge in [0.1, 0.15) is 0 Å². The van der Waals surface area contributed by atoms with E-state index in [0.717, 1.165) is 33.5 Å². The van der Waals surface area contributed by atoms with E-state index in [4.69, 9.17) is 15.0 Å². The van der Waals surface area contributed by atoms with Crippen molar-refractivity contribution in [2.24, 2.45) is 0 Å². The summed E-state index contributed by atoms with van der Waals surface area (Å²) in [5.41, 5.74) is 19.7. The zero-order valence-corrected chi connectivity index (χ0v) is 47.5. The molecule has 15 aromatic rings. The Labute approximate surface area is 491 Å². The maximum Gasteiger partial charge on any atom is 0.164 e. The monoisotopic (exact) mass is 1090 g/mol. The number of aromatic nitrogens is 4. The van der Waals surface area contributed by atoms with Crippen LogP contribution in [-0.2, 0) is 5.41 Å². The lowest BCUT2D eigenvalue weighted by Gasteiger charge is -2.21. The van der Waals surface area contributed by atoms with E-state index < -0.39 is 0 Å². The summed E-state index contributed by atoms with van der Waals surface area (Å²) in [5.74, 6) is 1.85. The Bertz CT molecular complexity index is 5250. The van der Waals surface area contributed by atoms with Crippen LogP contribution in [0.2, 0.25) is 0 Å². The first kappa shape index (κ1) is 49.5. The van der Waals surface area contributed by atoms with Gasteiger partial charge in [-0.2, -0.15) is 0 Å². The summed E-state index contributed by atoms with van der Waals surface area (Å²) in [5, 5.41) is 11.1. The highest BCUT2D eigenvalue weighted by Gasteiger charge is 2.36. The number of hydrogen-bond donors (Lipinski definition) is 0. The van der Waals surface area contributed by atoms with Gasteiger partial charge in [0.05, 0.1) is 11.0 Å². The molecule has 3 heterocycles. The van der Waals surface area contributed by atoms with Crippen LogP contribution < -0.4 is 0 Å². The minimum atomic E-state index is -0.0906. The summed E-state index contributed by atoms with van der Waals surface area (Å²) in [6, 6.07) is 88.5. The SMILES string of the molecule is C=Cc1sc2c(-c3cccc(-c4ccc5c6ccccc6c6ccc(-c7cccc(-c8nc(-c9ccccc9)nc(-c9ccc(-n%10c%11ccccc%11c%11cc%12c(cc%11%10)-c%10ccccc%10C%12(C)C)cc9)n8)c7)cc6c5c4)c3)cccc2c1/C=C\C. The van der Waals surface area contributed by atoms with Gasteiger partial charge in [-0.15, -0.1) is 11.3 Å². The number of allylic oxidation sites excluding steroid dienone is 1. The smallest absolute Gasteiger partial charge is 0.164 e. The second-order valence-electron chi connectivity index (χ2n) is 22.7. The molecule has 0 saturated heterocycles. The van der Waals surface area contributed by atoms with Crippen molar-refractivity contribution in [2.75, 3.05) is 0 Å². The van der Waals surface area contributed by atoms with E-state index in [2.05, 4.69) is 269 Å². The summed E-state index contributed by atoms with van der Waals surface area (Å²) in [6.45, 7) is 10.9. The number of nitrogens with zero attached hydrogens (tertiary/aromatic N) is 4. The van der Waals surface area contributed by atoms with Crippen molar-refractivity contribution in [2.45, 2.75) is 26.2 Å². The van der Waals surface area contributed by atoms with Gasteiger partial charge < -0.3 is 4.57 Å². The standard InChI is InChI=1S/C79H54N4S/c1-5-19-64-65-31-18-30-57(75(65)84-74(64)6-2)54-24-16-22-50(42-54)52-36-40-60-58-26-10-11-27-59(58)61-41-37-53(45-67(61)66(60)44-52)51-23-17-25-55(43-51)78-81-76(48-20-8-7-9-21-48)80-77(82-78)49-34-38-56(39-35-49)83-72-33-15-13-29-63(72)69-46-71-68(47-73(69)83)62-28-12-14-32-70(62)79(71,3)4/h5-47H,2H2,1,3-4H3/b19-5-. The Hall–Kier alpha value is -10.3. The number of hydrogen-bond acceptors (Lipinski definition) is 4. The summed E-state index contributed by atoms with van der Waals surface area (Å²) < 4.78 is 3.68. The molecule has 5 heteroatoms. The van der Waals surface area contributed by atoms with Gasteiger partial charge in [-0.25, -0.2) is 15.0 Å². The highest BCUT2D eigenvalue weighted by Crippen LogP contribution is 2.51. The maximum absolute atomic E-state index is 5.29. The van der Waals surface area contributed by atoms with E-state index >= 15 is 0 Å². The fraction of sp³-hybridized carbons (Fsp3) is 0.0506. The fourth-order valence-electron chi connectivity index (χ4n) is 13.4. The van der Waals surface area contributed by atoms with Crippen molar-refractivity contribution in [1.29, 1.82) is 0 Å². The van der Waals surface area contributed by atoms with Crippen LogP contribution in [0.25, 0.3) is 161 Å². The highest BCUT2D eigenvalue weighted by molar-refractivity contribution is 7.20. The maximum atomic E-state index is 5.29. The molecule has 0 saturated carbocycles. The van der Waals surface area contributed by atoms with Gasteiger partial charge in [-0.05, 0) is 167 Å². The van der Waals surface area contributed by atoms with Crippen LogP contribution in [0.5, 0.6) is 0 Å². The van der Waals surface area contributed by atoms with Crippen LogP contribution in [0.15, 0.2) is 255 Å². The van der Waals surface area contributed by atoms with Crippen LogP contribution in [0.1, 0.15) is 42.3 Å². The van der Waals surface area contributed by atoms with E-state index in [0.29, 0.717) is 17.5 Å². The first-order valence-corrected chi connectivity index (χ1v) is 29.6. The van der Waals surface area contributed by atoms with E-state index in [1.807, 2.05) is 35.6 Å². The molecular formula is C79H54N4S. The molecule has 1 aliphatic rings. The van der Waals surface area contributed by atoms with Gasteiger partial charge in [0.25, 0.3) is 0 Å². The number of rotatable bonds is 9. The lowest BCUT2D eigenvalue weighted by molar-refractivity contribution is 0.661. The molecule has 12 aromatic carbocycles. The summed E-state index contributed by atoms with van der Waals surface area (Å²) >= 11 is 1.81. The van der Waals surface area contributed by atoms with Crippen molar-refractivity contribution in [1.82, 2.24) is 19.5 Å². The summed E-state index contributed by atoms with van der Waals surface area (Å²) in [7, 11) is 0. The molecule has 0 atom stereocenters. The second-order valence-corrected chi connectivity index (χ2v) is 23.7. The van der Waals surface area contributed by atoms with Crippen LogP contribution in [0.4, 0.5) is 0 Å². The molecule has 3 aromatic heterocycles. The van der Waals surface area contributed by atoms with Crippen LogP contribution >= 0.6 is 11.3 Å². The van der Waals surface area contributed by atoms with E-state index in [-0.39, 0.29) is 5.41 Å². The predicted molar refractivity (Wildman–Crippen MR) is 357 cm³/mol. The molecule has 1 aliphatic carbocycles. The van der Waals surface area contributed by atoms with E-state index in [1.54, 1.807) is 0 Å². The summed E-state index contributed by atoms with van der Waals surface area (Å²) in [6.07, 6.45) is 6.29. The van der Waals surface area contributed by atoms with Crippen molar-refractivity contribution >= 4 is 87.7 Å². The van der Waals surface area contributed by atoms with Crippen molar-refractivity contribution in [3.8, 4) is 84.4 Å². The van der Waals surface area contributed by atoms with Gasteiger partial charge in [-0.1, -0.05) is 215 Å². The third-order valence-corrected chi connectivity index (χ3v) is 18.8. The zero-order chi connectivity index (χ0) is 56.2. The van der Waals surface area contributed by atoms with Crippen LogP contribution in [0, 0.1) is 0 Å². The van der Waals surface area contributed by atoms with Crippen molar-refractivity contribution in [3.63, 3.8) is 0 Å². The zero-order valence-electron chi connectivity index (χ0n) is 46.7. The van der Waals surface area contributed by atoms with Crippen molar-refractivity contribution < 1.29 is 0 Å². The predicted octanol–water partition coefficient (Wildman–Crippen LogP) is 21.6. The quantitative estimate of drug-likeness (QED) is 0.135. The molecule has 396 valence electrons. The van der Waals surface area contributed by atoms with Gasteiger partial charge in [0.2, 0.25) is 0 Å². The molecule has 0 bridgehead atoms. The van der Waals surface area contributed by atoms with Crippen LogP contribution in [-0.4, -0.2) is 19.5 Å². The minimum absolute atomic E-state index is 0.0906. The number of para-hydroxylation sites is 1. The van der Waals surface area contributed by atoms with Gasteiger partial charge in [0.15, 0.2) is 17.5 Å². The Morgan fingerprint density at radius 1 is 0.381 bits per heavy atom. The Kier molecular flexibility index (Phi) is 11.4. The van der Waals surface area contributed by atoms with Gasteiger partial charge >= 0.3 is 0 Å². The second kappa shape index (κ2) is 19.4. The first-order valence-electron chi connectivity index (χ1n) is 28.8. The van der Waals surface area contributed by atoms with Crippen molar-refractivity contribution in [3.05, 3.63) is 277 Å². The number of fused-ring (bicyclic) bond motifs is 13. The molecule has 0 unspecified atom stereocenters. The van der Waals surface area contributed by atoms with Gasteiger partial charge in [0, 0.05) is 53.5 Å².